The van der Waals surface area contributed by atoms with Crippen molar-refractivity contribution in [2.75, 3.05) is 44.0 Å². The molecule has 0 amide bonds. The van der Waals surface area contributed by atoms with Crippen molar-refractivity contribution in [3.8, 4) is 0 Å². The van der Waals surface area contributed by atoms with E-state index in [1.165, 1.54) is 13.1 Å². The molecule has 0 spiro atoms. The van der Waals surface area contributed by atoms with E-state index in [0.29, 0.717) is 22.8 Å². The van der Waals surface area contributed by atoms with Crippen LogP contribution in [0.4, 0.5) is 30.5 Å². The lowest BCUT2D eigenvalue weighted by atomic mass is 10.1. The molecule has 0 aliphatic carbocycles. The molecule has 3 aromatic rings. The van der Waals surface area contributed by atoms with Crippen molar-refractivity contribution < 1.29 is 13.2 Å². The molecule has 188 valence electrons. The van der Waals surface area contributed by atoms with Gasteiger partial charge in [0.1, 0.15) is 0 Å². The van der Waals surface area contributed by atoms with Crippen LogP contribution >= 0.6 is 11.9 Å². The summed E-state index contributed by atoms with van der Waals surface area (Å²) < 4.78 is 41.8. The minimum Gasteiger partial charge on any atom is -0.324 e. The first-order valence-electron chi connectivity index (χ1n) is 11.2. The Morgan fingerprint density at radius 3 is 2.42 bits per heavy atom. The van der Waals surface area contributed by atoms with E-state index in [1.807, 2.05) is 24.3 Å². The van der Waals surface area contributed by atoms with Gasteiger partial charge in [-0.05, 0) is 54.4 Å². The molecule has 1 fully saturated rings. The molecule has 1 aliphatic rings. The monoisotopic (exact) mass is 514 g/mol. The summed E-state index contributed by atoms with van der Waals surface area (Å²) in [4.78, 5) is 9.78. The van der Waals surface area contributed by atoms with Crippen molar-refractivity contribution in [3.63, 3.8) is 0 Å². The Hall–Kier alpha value is -3.48. The van der Waals surface area contributed by atoms with Gasteiger partial charge in [-0.25, -0.2) is 14.3 Å². The largest absolute Gasteiger partial charge is 0.416 e. The van der Waals surface area contributed by atoms with Crippen LogP contribution in [0, 0.1) is 0 Å². The molecular formula is C24H25F3N8S. The predicted molar refractivity (Wildman–Crippen MR) is 137 cm³/mol. The second-order valence-electron chi connectivity index (χ2n) is 7.80. The van der Waals surface area contributed by atoms with E-state index in [2.05, 4.69) is 40.7 Å². The molecule has 2 aromatic carbocycles. The fraction of sp³-hybridized carbons (Fsp3) is 0.250. The van der Waals surface area contributed by atoms with Gasteiger partial charge in [0.15, 0.2) is 0 Å². The van der Waals surface area contributed by atoms with Crippen LogP contribution in [0.1, 0.15) is 16.7 Å². The molecule has 0 unspecified atom stereocenters. The third-order valence-corrected chi connectivity index (χ3v) is 6.30. The van der Waals surface area contributed by atoms with E-state index in [1.54, 1.807) is 36.5 Å². The first-order chi connectivity index (χ1) is 17.4. The summed E-state index contributed by atoms with van der Waals surface area (Å²) >= 11 is 1.74. The van der Waals surface area contributed by atoms with E-state index >= 15 is 0 Å². The van der Waals surface area contributed by atoms with Gasteiger partial charge in [-0.15, -0.1) is 0 Å². The summed E-state index contributed by atoms with van der Waals surface area (Å²) in [5.74, 6) is 0.416. The molecule has 1 aliphatic heterocycles. The maximum absolute atomic E-state index is 13.1. The minimum absolute atomic E-state index is 0.304. The molecule has 1 saturated heterocycles. The van der Waals surface area contributed by atoms with Gasteiger partial charge in [0.25, 0.3) is 0 Å². The quantitative estimate of drug-likeness (QED) is 0.201. The Kier molecular flexibility index (Phi) is 8.52. The summed E-state index contributed by atoms with van der Waals surface area (Å²) in [6, 6.07) is 11.4. The third-order valence-electron chi connectivity index (χ3n) is 5.20. The minimum atomic E-state index is -4.45. The van der Waals surface area contributed by atoms with Gasteiger partial charge in [-0.3, -0.25) is 5.43 Å². The van der Waals surface area contributed by atoms with Gasteiger partial charge < -0.3 is 10.6 Å². The summed E-state index contributed by atoms with van der Waals surface area (Å²) in [5.41, 5.74) is 4.06. The molecule has 1 aromatic heterocycles. The highest BCUT2D eigenvalue weighted by Gasteiger charge is 2.30. The van der Waals surface area contributed by atoms with E-state index in [4.69, 9.17) is 0 Å². The number of alkyl halides is 3. The molecule has 36 heavy (non-hydrogen) atoms. The molecule has 12 heteroatoms. The van der Waals surface area contributed by atoms with Crippen molar-refractivity contribution in [2.45, 2.75) is 11.1 Å². The van der Waals surface area contributed by atoms with Crippen LogP contribution in [-0.4, -0.2) is 47.5 Å². The number of nitrogens with zero attached hydrogens (tertiary/aromatic N) is 5. The fourth-order valence-electron chi connectivity index (χ4n) is 3.37. The maximum Gasteiger partial charge on any atom is 0.416 e. The second-order valence-corrected chi connectivity index (χ2v) is 8.97. The maximum atomic E-state index is 13.1. The highest BCUT2D eigenvalue weighted by molar-refractivity contribution is 7.97. The Morgan fingerprint density at radius 2 is 1.75 bits per heavy atom. The number of hydrogen-bond acceptors (Lipinski definition) is 8. The van der Waals surface area contributed by atoms with Crippen LogP contribution in [0.5, 0.6) is 0 Å². The van der Waals surface area contributed by atoms with Crippen molar-refractivity contribution in [1.29, 1.82) is 0 Å². The summed E-state index contributed by atoms with van der Waals surface area (Å²) in [7, 11) is 1.46. The van der Waals surface area contributed by atoms with Gasteiger partial charge in [0, 0.05) is 60.3 Å². The normalized spacial score (nSPS) is 15.0. The fourth-order valence-corrected chi connectivity index (χ4v) is 4.29. The second kappa shape index (κ2) is 12.0. The topological polar surface area (TPSA) is 89.8 Å². The lowest BCUT2D eigenvalue weighted by molar-refractivity contribution is -0.137. The lowest BCUT2D eigenvalue weighted by Crippen LogP contribution is -2.39. The zero-order valence-corrected chi connectivity index (χ0v) is 20.3. The molecule has 0 atom stereocenters. The molecule has 0 bridgehead atoms. The SMILES string of the molecule is CN=NNc1ccc(C(F)(F)F)cc1/C=C/c1cnc(Nc2ccc(SN3CCNCC3)cc2)nc1. The molecule has 2 heterocycles. The van der Waals surface area contributed by atoms with E-state index in [-0.39, 0.29) is 0 Å². The number of hydrogen-bond donors (Lipinski definition) is 3. The van der Waals surface area contributed by atoms with Crippen LogP contribution in [0.25, 0.3) is 12.2 Å². The first kappa shape index (κ1) is 25.6. The standard InChI is InChI=1S/C24H25F3N8S/c1-28-34-33-22-9-4-19(24(25,26)27)14-18(22)3-2-17-15-30-23(31-16-17)32-20-5-7-21(8-6-20)36-35-12-10-29-11-13-35/h2-9,14-16,29H,10-13H2,1H3,(H,28,33)(H,30,31,32)/b3-2+. The molecule has 3 N–H and O–H groups in total. The van der Waals surface area contributed by atoms with Gasteiger partial charge in [0.2, 0.25) is 5.95 Å². The lowest BCUT2D eigenvalue weighted by Gasteiger charge is -2.25. The Balaban J connectivity index is 1.40. The van der Waals surface area contributed by atoms with Crippen LogP contribution < -0.4 is 16.1 Å². The van der Waals surface area contributed by atoms with Crippen LogP contribution in [-0.2, 0) is 6.18 Å². The van der Waals surface area contributed by atoms with Crippen molar-refractivity contribution in [2.24, 2.45) is 10.3 Å². The number of aromatic nitrogens is 2. The van der Waals surface area contributed by atoms with Crippen LogP contribution in [0.2, 0.25) is 0 Å². The zero-order chi connectivity index (χ0) is 25.4. The first-order valence-corrected chi connectivity index (χ1v) is 11.9. The molecule has 0 saturated carbocycles. The highest BCUT2D eigenvalue weighted by Crippen LogP contribution is 2.32. The van der Waals surface area contributed by atoms with Crippen molar-refractivity contribution in [1.82, 2.24) is 19.6 Å². The van der Waals surface area contributed by atoms with Crippen molar-refractivity contribution >= 4 is 41.4 Å². The molecular weight excluding hydrogens is 489 g/mol. The summed E-state index contributed by atoms with van der Waals surface area (Å²) in [5, 5.41) is 13.7. The predicted octanol–water partition coefficient (Wildman–Crippen LogP) is 5.73. The van der Waals surface area contributed by atoms with Crippen molar-refractivity contribution in [3.05, 3.63) is 71.5 Å². The highest BCUT2D eigenvalue weighted by atomic mass is 32.2. The van der Waals surface area contributed by atoms with Gasteiger partial charge in [-0.2, -0.15) is 18.3 Å². The number of halogens is 3. The van der Waals surface area contributed by atoms with Gasteiger partial charge >= 0.3 is 6.18 Å². The smallest absolute Gasteiger partial charge is 0.324 e. The molecule has 8 nitrogen and oxygen atoms in total. The Morgan fingerprint density at radius 1 is 1.03 bits per heavy atom. The van der Waals surface area contributed by atoms with Crippen LogP contribution in [0.3, 0.4) is 0 Å². The van der Waals surface area contributed by atoms with E-state index in [0.717, 1.165) is 48.9 Å². The Bertz CT molecular complexity index is 1190. The number of piperazine rings is 1. The van der Waals surface area contributed by atoms with Gasteiger partial charge in [-0.1, -0.05) is 17.4 Å². The number of anilines is 3. The average molecular weight is 515 g/mol. The van der Waals surface area contributed by atoms with E-state index < -0.39 is 11.7 Å². The molecule has 0 radical (unpaired) electrons. The number of nitrogens with one attached hydrogen (secondary N) is 3. The molecule has 4 rings (SSSR count). The number of rotatable bonds is 8. The average Bonchev–Trinajstić information content (AvgIpc) is 2.88. The number of benzene rings is 2. The summed E-state index contributed by atoms with van der Waals surface area (Å²) in [6.45, 7) is 4.01. The van der Waals surface area contributed by atoms with Crippen LogP contribution in [0.15, 0.2) is 70.1 Å². The zero-order valence-electron chi connectivity index (χ0n) is 19.5. The third kappa shape index (κ3) is 7.26. The Labute approximate surface area is 211 Å². The van der Waals surface area contributed by atoms with Gasteiger partial charge in [0.05, 0.1) is 18.3 Å². The van der Waals surface area contributed by atoms with E-state index in [9.17, 15) is 13.2 Å². The summed E-state index contributed by atoms with van der Waals surface area (Å²) in [6.07, 6.45) is 1.91.